The zero-order chi connectivity index (χ0) is 9.42. The van der Waals surface area contributed by atoms with Crippen molar-refractivity contribution in [2.45, 2.75) is 12.8 Å². The van der Waals surface area contributed by atoms with E-state index in [0.717, 1.165) is 31.9 Å². The maximum absolute atomic E-state index is 10.7. The third kappa shape index (κ3) is 1.24. The summed E-state index contributed by atoms with van der Waals surface area (Å²) in [5.41, 5.74) is 0.395. The van der Waals surface area contributed by atoms with Gasteiger partial charge in [0, 0.05) is 33.1 Å². The lowest BCUT2D eigenvalue weighted by Crippen LogP contribution is -2.29. The molecule has 5 nitrogen and oxygen atoms in total. The summed E-state index contributed by atoms with van der Waals surface area (Å²) in [5, 5.41) is 10.7. The second-order valence-electron chi connectivity index (χ2n) is 3.54. The van der Waals surface area contributed by atoms with Gasteiger partial charge in [-0.05, 0) is 6.42 Å². The second kappa shape index (κ2) is 2.90. The summed E-state index contributed by atoms with van der Waals surface area (Å²) in [6, 6.07) is 0. The number of nitro groups is 1. The molecule has 5 heteroatoms. The molecule has 0 aromatic heterocycles. The maximum Gasteiger partial charge on any atom is 0.286 e. The van der Waals surface area contributed by atoms with Crippen LogP contribution < -0.4 is 0 Å². The predicted molar refractivity (Wildman–Crippen MR) is 47.5 cm³/mol. The quantitative estimate of drug-likeness (QED) is 0.438. The van der Waals surface area contributed by atoms with Gasteiger partial charge in [0.2, 0.25) is 0 Å². The number of likely N-dealkylation sites (N-methyl/N-ethyl adjacent to an activating group) is 1. The third-order valence-corrected chi connectivity index (χ3v) is 2.69. The topological polar surface area (TPSA) is 49.6 Å². The van der Waals surface area contributed by atoms with Crippen LogP contribution in [0.25, 0.3) is 0 Å². The Hall–Kier alpha value is -1.26. The molecule has 1 saturated heterocycles. The van der Waals surface area contributed by atoms with Gasteiger partial charge < -0.3 is 9.80 Å². The largest absolute Gasteiger partial charge is 0.354 e. The Kier molecular flexibility index (Phi) is 1.86. The zero-order valence-corrected chi connectivity index (χ0v) is 7.69. The molecule has 2 rings (SSSR count). The van der Waals surface area contributed by atoms with Gasteiger partial charge in [0.05, 0.1) is 4.92 Å². The van der Waals surface area contributed by atoms with Crippen LogP contribution >= 0.6 is 0 Å². The van der Waals surface area contributed by atoms with E-state index in [1.54, 1.807) is 0 Å². The predicted octanol–water partition coefficient (Wildman–Crippen LogP) is 0.473. The maximum atomic E-state index is 10.7. The highest BCUT2D eigenvalue weighted by Crippen LogP contribution is 2.27. The normalized spacial score (nSPS) is 22.2. The molecule has 1 fully saturated rings. The lowest BCUT2D eigenvalue weighted by Gasteiger charge is -2.25. The number of allylic oxidation sites excluding steroid dienone is 1. The van der Waals surface area contributed by atoms with Crippen LogP contribution in [0.4, 0.5) is 0 Å². The SMILES string of the molecule is CN1CCN2CCCC([N+](=O)[O-])=C12. The monoisotopic (exact) mass is 183 g/mol. The second-order valence-corrected chi connectivity index (χ2v) is 3.54. The number of nitrogens with zero attached hydrogens (tertiary/aromatic N) is 3. The number of rotatable bonds is 1. The minimum absolute atomic E-state index is 0.233. The molecule has 0 radical (unpaired) electrons. The number of fused-ring (bicyclic) bond motifs is 1. The Morgan fingerprint density at radius 1 is 1.38 bits per heavy atom. The molecule has 13 heavy (non-hydrogen) atoms. The van der Waals surface area contributed by atoms with Crippen molar-refractivity contribution in [2.75, 3.05) is 26.7 Å². The highest BCUT2D eigenvalue weighted by atomic mass is 16.6. The summed E-state index contributed by atoms with van der Waals surface area (Å²) < 4.78 is 0. The summed E-state index contributed by atoms with van der Waals surface area (Å²) in [4.78, 5) is 14.6. The van der Waals surface area contributed by atoms with Crippen LogP contribution in [0.15, 0.2) is 11.5 Å². The van der Waals surface area contributed by atoms with Gasteiger partial charge in [0.1, 0.15) is 0 Å². The van der Waals surface area contributed by atoms with Gasteiger partial charge in [-0.15, -0.1) is 0 Å². The first-order valence-electron chi connectivity index (χ1n) is 4.54. The lowest BCUT2D eigenvalue weighted by atomic mass is 10.1. The number of hydrogen-bond acceptors (Lipinski definition) is 4. The standard InChI is InChI=1S/C8H13N3O2/c1-9-5-6-10-4-2-3-7(8(9)10)11(12)13/h2-6H2,1H3. The fourth-order valence-electron chi connectivity index (χ4n) is 2.07. The molecule has 2 aliphatic heterocycles. The Bertz CT molecular complexity index is 275. The molecule has 0 spiro atoms. The first kappa shape index (κ1) is 8.34. The van der Waals surface area contributed by atoms with Gasteiger partial charge in [-0.3, -0.25) is 10.1 Å². The molecule has 0 unspecified atom stereocenters. The molecule has 0 aromatic carbocycles. The van der Waals surface area contributed by atoms with Crippen LogP contribution in [0.5, 0.6) is 0 Å². The Balaban J connectivity index is 2.38. The van der Waals surface area contributed by atoms with E-state index in [2.05, 4.69) is 4.90 Å². The summed E-state index contributed by atoms with van der Waals surface area (Å²) in [7, 11) is 1.92. The molecule has 0 atom stereocenters. The summed E-state index contributed by atoms with van der Waals surface area (Å²) >= 11 is 0. The van der Waals surface area contributed by atoms with Gasteiger partial charge in [-0.2, -0.15) is 0 Å². The molecular weight excluding hydrogens is 170 g/mol. The van der Waals surface area contributed by atoms with Crippen LogP contribution in [0.1, 0.15) is 12.8 Å². The molecule has 2 aliphatic rings. The molecular formula is C8H13N3O2. The first-order valence-corrected chi connectivity index (χ1v) is 4.54. The van der Waals surface area contributed by atoms with E-state index in [9.17, 15) is 10.1 Å². The van der Waals surface area contributed by atoms with Crippen LogP contribution in [0, 0.1) is 10.1 Å². The fourth-order valence-corrected chi connectivity index (χ4v) is 2.07. The molecule has 0 amide bonds. The van der Waals surface area contributed by atoms with E-state index in [1.165, 1.54) is 0 Å². The van der Waals surface area contributed by atoms with E-state index in [1.807, 2.05) is 11.9 Å². The van der Waals surface area contributed by atoms with Crippen molar-refractivity contribution in [3.05, 3.63) is 21.6 Å². The highest BCUT2D eigenvalue weighted by Gasteiger charge is 2.34. The van der Waals surface area contributed by atoms with Gasteiger partial charge in [0.15, 0.2) is 5.82 Å². The molecule has 0 aromatic rings. The van der Waals surface area contributed by atoms with Crippen LogP contribution in [0.3, 0.4) is 0 Å². The Morgan fingerprint density at radius 2 is 2.15 bits per heavy atom. The van der Waals surface area contributed by atoms with E-state index >= 15 is 0 Å². The highest BCUT2D eigenvalue weighted by molar-refractivity contribution is 5.12. The minimum atomic E-state index is -0.233. The van der Waals surface area contributed by atoms with Crippen molar-refractivity contribution in [2.24, 2.45) is 0 Å². The van der Waals surface area contributed by atoms with Crippen molar-refractivity contribution in [3.63, 3.8) is 0 Å². The third-order valence-electron chi connectivity index (χ3n) is 2.69. The minimum Gasteiger partial charge on any atom is -0.354 e. The molecule has 0 N–H and O–H groups in total. The van der Waals surface area contributed by atoms with E-state index in [4.69, 9.17) is 0 Å². The van der Waals surface area contributed by atoms with Crippen LogP contribution in [-0.2, 0) is 0 Å². The fraction of sp³-hybridized carbons (Fsp3) is 0.750. The average Bonchev–Trinajstić information content (AvgIpc) is 2.48. The van der Waals surface area contributed by atoms with Crippen molar-refractivity contribution in [1.29, 1.82) is 0 Å². The molecule has 0 saturated carbocycles. The summed E-state index contributed by atoms with van der Waals surface area (Å²) in [6.07, 6.45) is 1.52. The van der Waals surface area contributed by atoms with Crippen LogP contribution in [-0.4, -0.2) is 41.4 Å². The first-order chi connectivity index (χ1) is 6.20. The number of hydrogen-bond donors (Lipinski definition) is 0. The molecule has 72 valence electrons. The van der Waals surface area contributed by atoms with Crippen molar-refractivity contribution < 1.29 is 4.92 Å². The van der Waals surface area contributed by atoms with E-state index < -0.39 is 0 Å². The zero-order valence-electron chi connectivity index (χ0n) is 7.69. The smallest absolute Gasteiger partial charge is 0.286 e. The lowest BCUT2D eigenvalue weighted by molar-refractivity contribution is -0.432. The molecule has 0 aliphatic carbocycles. The van der Waals surface area contributed by atoms with E-state index in [0.29, 0.717) is 12.1 Å². The Morgan fingerprint density at radius 3 is 2.85 bits per heavy atom. The van der Waals surface area contributed by atoms with Gasteiger partial charge in [-0.1, -0.05) is 0 Å². The van der Waals surface area contributed by atoms with Crippen molar-refractivity contribution >= 4 is 0 Å². The molecule has 2 heterocycles. The van der Waals surface area contributed by atoms with E-state index in [-0.39, 0.29) is 4.92 Å². The molecule has 0 bridgehead atoms. The van der Waals surface area contributed by atoms with Gasteiger partial charge in [-0.25, -0.2) is 0 Å². The van der Waals surface area contributed by atoms with Crippen molar-refractivity contribution in [3.8, 4) is 0 Å². The van der Waals surface area contributed by atoms with Gasteiger partial charge >= 0.3 is 0 Å². The van der Waals surface area contributed by atoms with Crippen molar-refractivity contribution in [1.82, 2.24) is 9.80 Å². The summed E-state index contributed by atoms with van der Waals surface area (Å²) in [6.45, 7) is 2.81. The Labute approximate surface area is 76.8 Å². The van der Waals surface area contributed by atoms with Gasteiger partial charge in [0.25, 0.3) is 5.70 Å². The van der Waals surface area contributed by atoms with Crippen LogP contribution in [0.2, 0.25) is 0 Å². The summed E-state index contributed by atoms with van der Waals surface area (Å²) in [5.74, 6) is 0.844. The average molecular weight is 183 g/mol.